The number of nitrogens with one attached hydrogen (secondary N) is 1. The molecule has 0 bridgehead atoms. The Labute approximate surface area is 99.5 Å². The van der Waals surface area contributed by atoms with Crippen LogP contribution in [-0.4, -0.2) is 31.8 Å². The van der Waals surface area contributed by atoms with Crippen LogP contribution < -0.4 is 10.5 Å². The van der Waals surface area contributed by atoms with Crippen molar-refractivity contribution in [1.82, 2.24) is 5.32 Å². The Kier molecular flexibility index (Phi) is 4.62. The number of benzene rings is 1. The number of carboxylic acids is 1. The third-order valence-corrected chi connectivity index (χ3v) is 2.89. The second-order valence-electron chi connectivity index (χ2n) is 3.50. The molecule has 6 nitrogen and oxygen atoms in total. The Morgan fingerprint density at radius 2 is 1.94 bits per heavy atom. The van der Waals surface area contributed by atoms with Crippen LogP contribution in [-0.2, 0) is 14.8 Å². The fourth-order valence-electron chi connectivity index (χ4n) is 1.34. The largest absolute Gasteiger partial charge is 0.480 e. The van der Waals surface area contributed by atoms with Crippen molar-refractivity contribution < 1.29 is 18.3 Å². The molecule has 1 aromatic carbocycles. The lowest BCUT2D eigenvalue weighted by atomic mass is 10.1. The van der Waals surface area contributed by atoms with Gasteiger partial charge in [0.1, 0.15) is 6.04 Å². The van der Waals surface area contributed by atoms with E-state index in [1.807, 2.05) is 0 Å². The summed E-state index contributed by atoms with van der Waals surface area (Å²) in [6.45, 7) is -0.00923. The molecule has 1 unspecified atom stereocenters. The molecule has 0 saturated carbocycles. The molecule has 0 aliphatic rings. The zero-order valence-electron chi connectivity index (χ0n) is 9.04. The molecule has 0 amide bonds. The lowest BCUT2D eigenvalue weighted by Crippen LogP contribution is -2.33. The van der Waals surface area contributed by atoms with Crippen LogP contribution in [0.2, 0.25) is 0 Å². The zero-order valence-corrected chi connectivity index (χ0v) is 9.85. The highest BCUT2D eigenvalue weighted by molar-refractivity contribution is 7.89. The fraction of sp³-hybridized carbons (Fsp3) is 0.300. The van der Waals surface area contributed by atoms with Crippen LogP contribution in [0.1, 0.15) is 11.6 Å². The van der Waals surface area contributed by atoms with Gasteiger partial charge in [-0.05, 0) is 5.56 Å². The normalized spacial score (nSPS) is 13.2. The average molecular weight is 258 g/mol. The molecular weight excluding hydrogens is 244 g/mol. The van der Waals surface area contributed by atoms with Gasteiger partial charge in [-0.15, -0.1) is 0 Å². The molecular formula is C10H14N2O4S. The minimum absolute atomic E-state index is 0.00923. The number of primary sulfonamides is 1. The Morgan fingerprint density at radius 3 is 2.41 bits per heavy atom. The van der Waals surface area contributed by atoms with E-state index >= 15 is 0 Å². The van der Waals surface area contributed by atoms with Crippen LogP contribution in [0, 0.1) is 0 Å². The minimum Gasteiger partial charge on any atom is -0.480 e. The Hall–Kier alpha value is -1.44. The Bertz CT molecular complexity index is 472. The van der Waals surface area contributed by atoms with Crippen molar-refractivity contribution in [3.63, 3.8) is 0 Å². The lowest BCUT2D eigenvalue weighted by molar-refractivity contribution is -0.139. The molecule has 1 aromatic rings. The Morgan fingerprint density at radius 1 is 1.35 bits per heavy atom. The van der Waals surface area contributed by atoms with E-state index in [2.05, 4.69) is 5.32 Å². The number of carbonyl (C=O) groups is 1. The molecule has 0 fully saturated rings. The Balaban J connectivity index is 2.66. The van der Waals surface area contributed by atoms with Crippen molar-refractivity contribution in [3.05, 3.63) is 35.9 Å². The van der Waals surface area contributed by atoms with Gasteiger partial charge in [0.2, 0.25) is 10.0 Å². The van der Waals surface area contributed by atoms with Gasteiger partial charge in [-0.1, -0.05) is 30.3 Å². The zero-order chi connectivity index (χ0) is 12.9. The van der Waals surface area contributed by atoms with Gasteiger partial charge in [0.15, 0.2) is 0 Å². The third kappa shape index (κ3) is 4.94. The molecule has 0 aliphatic carbocycles. The number of rotatable bonds is 6. The van der Waals surface area contributed by atoms with E-state index < -0.39 is 22.0 Å². The van der Waals surface area contributed by atoms with Crippen molar-refractivity contribution >= 4 is 16.0 Å². The maximum atomic E-state index is 11.0. The number of nitrogens with two attached hydrogens (primary N) is 1. The summed E-state index contributed by atoms with van der Waals surface area (Å²) in [7, 11) is -3.58. The smallest absolute Gasteiger partial charge is 0.325 e. The summed E-state index contributed by atoms with van der Waals surface area (Å²) in [5.41, 5.74) is 0.564. The molecule has 7 heteroatoms. The van der Waals surface area contributed by atoms with E-state index in [0.29, 0.717) is 5.56 Å². The second kappa shape index (κ2) is 5.76. The van der Waals surface area contributed by atoms with Crippen LogP contribution in [0.25, 0.3) is 0 Å². The summed E-state index contributed by atoms with van der Waals surface area (Å²) < 4.78 is 21.4. The molecule has 0 spiro atoms. The molecule has 0 radical (unpaired) electrons. The first-order chi connectivity index (χ1) is 7.90. The summed E-state index contributed by atoms with van der Waals surface area (Å²) >= 11 is 0. The van der Waals surface area contributed by atoms with Crippen LogP contribution in [0.15, 0.2) is 30.3 Å². The highest BCUT2D eigenvalue weighted by Gasteiger charge is 2.19. The fourth-order valence-corrected chi connectivity index (χ4v) is 1.74. The van der Waals surface area contributed by atoms with E-state index in [4.69, 9.17) is 10.2 Å². The van der Waals surface area contributed by atoms with Gasteiger partial charge < -0.3 is 5.11 Å². The summed E-state index contributed by atoms with van der Waals surface area (Å²) in [5, 5.41) is 16.5. The van der Waals surface area contributed by atoms with Gasteiger partial charge in [0, 0.05) is 6.54 Å². The standard InChI is InChI=1S/C10H14N2O4S/c11-17(15,16)7-6-12-9(10(13)14)8-4-2-1-3-5-8/h1-5,9,12H,6-7H2,(H,13,14)(H2,11,15,16). The van der Waals surface area contributed by atoms with Gasteiger partial charge in [0.25, 0.3) is 0 Å². The maximum absolute atomic E-state index is 11.0. The molecule has 0 aliphatic heterocycles. The first kappa shape index (κ1) is 13.6. The van der Waals surface area contributed by atoms with Crippen molar-refractivity contribution in [2.45, 2.75) is 6.04 Å². The molecule has 0 aromatic heterocycles. The summed E-state index contributed by atoms with van der Waals surface area (Å²) in [4.78, 5) is 11.0. The number of carboxylic acid groups (broad SMARTS) is 1. The molecule has 0 saturated heterocycles. The first-order valence-electron chi connectivity index (χ1n) is 4.92. The van der Waals surface area contributed by atoms with Crippen molar-refractivity contribution in [3.8, 4) is 0 Å². The summed E-state index contributed by atoms with van der Waals surface area (Å²) in [6.07, 6.45) is 0. The number of sulfonamides is 1. The van der Waals surface area contributed by atoms with Gasteiger partial charge in [-0.3, -0.25) is 10.1 Å². The van der Waals surface area contributed by atoms with E-state index in [1.165, 1.54) is 0 Å². The quantitative estimate of drug-likeness (QED) is 0.648. The monoisotopic (exact) mass is 258 g/mol. The molecule has 0 heterocycles. The van der Waals surface area contributed by atoms with E-state index in [-0.39, 0.29) is 12.3 Å². The maximum Gasteiger partial charge on any atom is 0.325 e. The first-order valence-corrected chi connectivity index (χ1v) is 6.63. The number of hydrogen-bond donors (Lipinski definition) is 3. The van der Waals surface area contributed by atoms with Gasteiger partial charge >= 0.3 is 5.97 Å². The third-order valence-electron chi connectivity index (χ3n) is 2.11. The highest BCUT2D eigenvalue weighted by atomic mass is 32.2. The number of aliphatic carboxylic acids is 1. The van der Waals surface area contributed by atoms with Crippen LogP contribution >= 0.6 is 0 Å². The molecule has 17 heavy (non-hydrogen) atoms. The van der Waals surface area contributed by atoms with E-state index in [0.717, 1.165) is 0 Å². The van der Waals surface area contributed by atoms with E-state index in [9.17, 15) is 13.2 Å². The average Bonchev–Trinajstić information content (AvgIpc) is 2.23. The van der Waals surface area contributed by atoms with Crippen LogP contribution in [0.5, 0.6) is 0 Å². The van der Waals surface area contributed by atoms with Gasteiger partial charge in [-0.25, -0.2) is 13.6 Å². The summed E-state index contributed by atoms with van der Waals surface area (Å²) in [5.74, 6) is -1.37. The molecule has 1 atom stereocenters. The van der Waals surface area contributed by atoms with E-state index in [1.54, 1.807) is 30.3 Å². The summed E-state index contributed by atoms with van der Waals surface area (Å²) in [6, 6.07) is 7.58. The molecule has 4 N–H and O–H groups in total. The highest BCUT2D eigenvalue weighted by Crippen LogP contribution is 2.12. The second-order valence-corrected chi connectivity index (χ2v) is 5.24. The number of hydrogen-bond acceptors (Lipinski definition) is 4. The SMILES string of the molecule is NS(=O)(=O)CCNC(C(=O)O)c1ccccc1. The predicted octanol–water partition coefficient (Wildman–Crippen LogP) is -0.310. The topological polar surface area (TPSA) is 109 Å². The predicted molar refractivity (Wildman–Crippen MR) is 62.8 cm³/mol. The van der Waals surface area contributed by atoms with Crippen molar-refractivity contribution in [2.24, 2.45) is 5.14 Å². The minimum atomic E-state index is -3.58. The van der Waals surface area contributed by atoms with Gasteiger partial charge in [0.05, 0.1) is 5.75 Å². The van der Waals surface area contributed by atoms with Crippen LogP contribution in [0.4, 0.5) is 0 Å². The molecule has 94 valence electrons. The molecule has 1 rings (SSSR count). The van der Waals surface area contributed by atoms with Gasteiger partial charge in [-0.2, -0.15) is 0 Å². The lowest BCUT2D eigenvalue weighted by Gasteiger charge is -2.14. The van der Waals surface area contributed by atoms with Crippen molar-refractivity contribution in [2.75, 3.05) is 12.3 Å². The van der Waals surface area contributed by atoms with Crippen molar-refractivity contribution in [1.29, 1.82) is 0 Å². The van der Waals surface area contributed by atoms with Crippen LogP contribution in [0.3, 0.4) is 0 Å².